The van der Waals surface area contributed by atoms with E-state index in [0.717, 1.165) is 11.1 Å². The molecule has 0 radical (unpaired) electrons. The Morgan fingerprint density at radius 1 is 1.11 bits per heavy atom. The maximum atomic E-state index is 13.2. The van der Waals surface area contributed by atoms with E-state index in [1.54, 1.807) is 12.1 Å². The molecule has 2 aromatic carbocycles. The summed E-state index contributed by atoms with van der Waals surface area (Å²) in [5.41, 5.74) is 0.932. The number of halogens is 2. The summed E-state index contributed by atoms with van der Waals surface area (Å²) in [4.78, 5) is 13.9. The molecule has 0 saturated carbocycles. The number of ether oxygens (including phenoxy) is 1. The van der Waals surface area contributed by atoms with E-state index in [2.05, 4.69) is 0 Å². The summed E-state index contributed by atoms with van der Waals surface area (Å²) in [6.07, 6.45) is 0.357. The Morgan fingerprint density at radius 2 is 1.79 bits per heavy atom. The number of rotatable bonds is 6. The molecule has 1 unspecified atom stereocenters. The molecule has 5 nitrogen and oxygen atoms in total. The number of amides is 1. The zero-order valence-corrected chi connectivity index (χ0v) is 16.8. The predicted molar refractivity (Wildman–Crippen MR) is 105 cm³/mol. The van der Waals surface area contributed by atoms with Gasteiger partial charge in [-0.15, -0.1) is 0 Å². The molecule has 1 fully saturated rings. The van der Waals surface area contributed by atoms with Crippen molar-refractivity contribution in [1.82, 2.24) is 4.90 Å². The van der Waals surface area contributed by atoms with Gasteiger partial charge < -0.3 is 9.64 Å². The van der Waals surface area contributed by atoms with Gasteiger partial charge in [-0.3, -0.25) is 0 Å². The van der Waals surface area contributed by atoms with Crippen molar-refractivity contribution >= 4 is 25.8 Å². The van der Waals surface area contributed by atoms with E-state index in [1.807, 2.05) is 30.3 Å². The lowest BCUT2D eigenvalue weighted by Gasteiger charge is -2.28. The Bertz CT molecular complexity index is 921. The van der Waals surface area contributed by atoms with Crippen molar-refractivity contribution in [2.24, 2.45) is 5.41 Å². The number of nitrogens with zero attached hydrogens (tertiary/aromatic N) is 1. The summed E-state index contributed by atoms with van der Waals surface area (Å²) in [7, 11) is 1.76. The summed E-state index contributed by atoms with van der Waals surface area (Å²) in [6, 6.07) is 15.2. The fourth-order valence-corrected chi connectivity index (χ4v) is 5.38. The molecule has 1 aliphatic rings. The number of hydrogen-bond acceptors (Lipinski definition) is 4. The van der Waals surface area contributed by atoms with Gasteiger partial charge in [0.25, 0.3) is 0 Å². The zero-order chi connectivity index (χ0) is 20.2. The highest BCUT2D eigenvalue weighted by Crippen LogP contribution is 2.37. The van der Waals surface area contributed by atoms with Gasteiger partial charge in [0.1, 0.15) is 12.4 Å². The molecule has 3 rings (SSSR count). The van der Waals surface area contributed by atoms with E-state index in [9.17, 15) is 17.6 Å². The zero-order valence-electron chi connectivity index (χ0n) is 15.2. The molecule has 28 heavy (non-hydrogen) atoms. The van der Waals surface area contributed by atoms with Crippen molar-refractivity contribution in [2.75, 3.05) is 18.8 Å². The van der Waals surface area contributed by atoms with Gasteiger partial charge in [-0.05, 0) is 36.1 Å². The fraction of sp³-hybridized carbons (Fsp3) is 0.350. The van der Waals surface area contributed by atoms with Crippen LogP contribution in [0.25, 0.3) is 0 Å². The molecule has 0 bridgehead atoms. The lowest BCUT2D eigenvalue weighted by Crippen LogP contribution is -2.37. The van der Waals surface area contributed by atoms with Gasteiger partial charge in [0.05, 0.1) is 5.75 Å². The lowest BCUT2D eigenvalue weighted by atomic mass is 9.82. The van der Waals surface area contributed by atoms with Gasteiger partial charge >= 0.3 is 6.09 Å². The highest BCUT2D eigenvalue weighted by Gasteiger charge is 2.43. The quantitative estimate of drug-likeness (QED) is 0.657. The third-order valence-corrected chi connectivity index (χ3v) is 6.16. The van der Waals surface area contributed by atoms with E-state index >= 15 is 0 Å². The summed E-state index contributed by atoms with van der Waals surface area (Å²) in [6.45, 7) is 0.736. The van der Waals surface area contributed by atoms with E-state index in [-0.39, 0.29) is 24.7 Å². The standard InChI is InChI=1S/C20H21ClFNO4S/c21-28(25,26)15-20(12-16-6-8-18(22)9-7-16)10-11-23(14-20)19(24)27-13-17-4-2-1-3-5-17/h1-9H,10-15H2. The lowest BCUT2D eigenvalue weighted by molar-refractivity contribution is 0.100. The van der Waals surface area contributed by atoms with Crippen LogP contribution in [0.4, 0.5) is 9.18 Å². The Kier molecular flexibility index (Phi) is 6.25. The van der Waals surface area contributed by atoms with Crippen molar-refractivity contribution < 1.29 is 22.3 Å². The molecular weight excluding hydrogens is 405 g/mol. The molecule has 150 valence electrons. The SMILES string of the molecule is O=C(OCc1ccccc1)N1CCC(Cc2ccc(F)cc2)(CS(=O)(=O)Cl)C1. The van der Waals surface area contributed by atoms with Gasteiger partial charge in [0, 0.05) is 29.2 Å². The van der Waals surface area contributed by atoms with Gasteiger partial charge in [0.15, 0.2) is 0 Å². The van der Waals surface area contributed by atoms with Crippen molar-refractivity contribution in [3.8, 4) is 0 Å². The smallest absolute Gasteiger partial charge is 0.410 e. The fourth-order valence-electron chi connectivity index (χ4n) is 3.62. The van der Waals surface area contributed by atoms with Crippen molar-refractivity contribution in [3.63, 3.8) is 0 Å². The largest absolute Gasteiger partial charge is 0.445 e. The molecule has 0 N–H and O–H groups in total. The van der Waals surface area contributed by atoms with Crippen LogP contribution in [0.3, 0.4) is 0 Å². The molecular formula is C20H21ClFNO4S. The average Bonchev–Trinajstić information content (AvgIpc) is 3.04. The molecule has 1 heterocycles. The summed E-state index contributed by atoms with van der Waals surface area (Å²) in [5, 5.41) is 0. The summed E-state index contributed by atoms with van der Waals surface area (Å²) >= 11 is 0. The molecule has 1 amide bonds. The van der Waals surface area contributed by atoms with E-state index in [4.69, 9.17) is 15.4 Å². The molecule has 0 spiro atoms. The second-order valence-corrected chi connectivity index (χ2v) is 9.98. The maximum absolute atomic E-state index is 13.2. The van der Waals surface area contributed by atoms with E-state index in [1.165, 1.54) is 17.0 Å². The predicted octanol–water partition coefficient (Wildman–Crippen LogP) is 3.97. The number of carbonyl (C=O) groups excluding carboxylic acids is 1. The first-order valence-corrected chi connectivity index (χ1v) is 11.4. The van der Waals surface area contributed by atoms with Crippen LogP contribution in [0.5, 0.6) is 0 Å². The Morgan fingerprint density at radius 3 is 2.43 bits per heavy atom. The molecule has 8 heteroatoms. The number of likely N-dealkylation sites (tertiary alicyclic amines) is 1. The molecule has 1 saturated heterocycles. The minimum Gasteiger partial charge on any atom is -0.445 e. The molecule has 0 aromatic heterocycles. The molecule has 1 aliphatic heterocycles. The normalized spacial score (nSPS) is 19.6. The summed E-state index contributed by atoms with van der Waals surface area (Å²) < 4.78 is 42.1. The first-order valence-electron chi connectivity index (χ1n) is 8.87. The van der Waals surface area contributed by atoms with Crippen LogP contribution in [-0.4, -0.2) is 38.3 Å². The third-order valence-electron chi connectivity index (χ3n) is 4.87. The second kappa shape index (κ2) is 8.49. The van der Waals surface area contributed by atoms with Gasteiger partial charge in [0.2, 0.25) is 9.05 Å². The van der Waals surface area contributed by atoms with Crippen LogP contribution in [-0.2, 0) is 26.8 Å². The minimum absolute atomic E-state index is 0.148. The molecule has 0 aliphatic carbocycles. The van der Waals surface area contributed by atoms with E-state index < -0.39 is 20.6 Å². The number of benzene rings is 2. The maximum Gasteiger partial charge on any atom is 0.410 e. The van der Waals surface area contributed by atoms with Gasteiger partial charge in [-0.2, -0.15) is 0 Å². The number of carbonyl (C=O) groups is 1. The van der Waals surface area contributed by atoms with Gasteiger partial charge in [-0.25, -0.2) is 17.6 Å². The molecule has 1 atom stereocenters. The van der Waals surface area contributed by atoms with Gasteiger partial charge in [-0.1, -0.05) is 42.5 Å². The van der Waals surface area contributed by atoms with Crippen molar-refractivity contribution in [1.29, 1.82) is 0 Å². The van der Waals surface area contributed by atoms with Crippen LogP contribution in [0.15, 0.2) is 54.6 Å². The van der Waals surface area contributed by atoms with Crippen LogP contribution >= 0.6 is 10.7 Å². The Balaban J connectivity index is 1.69. The molecule has 2 aromatic rings. The van der Waals surface area contributed by atoms with E-state index in [0.29, 0.717) is 19.4 Å². The Hall–Kier alpha value is -2.12. The highest BCUT2D eigenvalue weighted by molar-refractivity contribution is 8.13. The first-order chi connectivity index (χ1) is 13.2. The van der Waals surface area contributed by atoms with Crippen molar-refractivity contribution in [2.45, 2.75) is 19.4 Å². The van der Waals surface area contributed by atoms with Crippen LogP contribution in [0, 0.1) is 11.2 Å². The second-order valence-electron chi connectivity index (χ2n) is 7.20. The van der Waals surface area contributed by atoms with Crippen LogP contribution < -0.4 is 0 Å². The van der Waals surface area contributed by atoms with Crippen LogP contribution in [0.1, 0.15) is 17.5 Å². The third kappa shape index (κ3) is 5.69. The minimum atomic E-state index is -3.78. The highest BCUT2D eigenvalue weighted by atomic mass is 35.7. The first kappa shape index (κ1) is 20.6. The topological polar surface area (TPSA) is 63.7 Å². The number of hydrogen-bond donors (Lipinski definition) is 0. The van der Waals surface area contributed by atoms with Crippen molar-refractivity contribution in [3.05, 3.63) is 71.5 Å². The monoisotopic (exact) mass is 425 g/mol. The average molecular weight is 426 g/mol. The van der Waals surface area contributed by atoms with Crippen LogP contribution in [0.2, 0.25) is 0 Å². The summed E-state index contributed by atoms with van der Waals surface area (Å²) in [5.74, 6) is -0.623. The Labute approximate surface area is 168 Å².